The largest absolute Gasteiger partial charge is 0.489 e. The molecule has 0 heterocycles. The van der Waals surface area contributed by atoms with Crippen molar-refractivity contribution in [2.24, 2.45) is 0 Å². The topological polar surface area (TPSA) is 47.3 Å². The van der Waals surface area contributed by atoms with Gasteiger partial charge < -0.3 is 15.8 Å². The number of hydrogen-bond donors (Lipinski definition) is 2. The second-order valence-electron chi connectivity index (χ2n) is 4.91. The number of nitrogens with one attached hydrogen (secondary N) is 1. The lowest BCUT2D eigenvalue weighted by molar-refractivity contribution is 0.244. The van der Waals surface area contributed by atoms with Gasteiger partial charge in [0.05, 0.1) is 11.8 Å². The van der Waals surface area contributed by atoms with Crippen LogP contribution < -0.4 is 15.8 Å². The molecule has 0 aliphatic carbocycles. The van der Waals surface area contributed by atoms with Crippen LogP contribution in [0.3, 0.4) is 0 Å². The van der Waals surface area contributed by atoms with Crippen LogP contribution in [0.25, 0.3) is 0 Å². The highest BCUT2D eigenvalue weighted by Crippen LogP contribution is 2.28. The molecule has 2 aromatic rings. The van der Waals surface area contributed by atoms with Crippen LogP contribution in [-0.4, -0.2) is 6.10 Å². The zero-order valence-corrected chi connectivity index (χ0v) is 11.6. The molecule has 0 spiro atoms. The van der Waals surface area contributed by atoms with Crippen molar-refractivity contribution in [3.05, 3.63) is 48.0 Å². The summed E-state index contributed by atoms with van der Waals surface area (Å²) in [5.74, 6) is 0.715. The van der Waals surface area contributed by atoms with E-state index in [1.54, 1.807) is 0 Å². The highest BCUT2D eigenvalue weighted by Gasteiger charge is 2.05. The predicted molar refractivity (Wildman–Crippen MR) is 81.1 cm³/mol. The van der Waals surface area contributed by atoms with Gasteiger partial charge in [-0.3, -0.25) is 0 Å². The summed E-state index contributed by atoms with van der Waals surface area (Å²) in [5, 5.41) is 3.35. The molecule has 3 N–H and O–H groups in total. The molecule has 3 heteroatoms. The van der Waals surface area contributed by atoms with Gasteiger partial charge in [-0.2, -0.15) is 0 Å². The van der Waals surface area contributed by atoms with E-state index in [1.165, 1.54) is 5.56 Å². The third-order valence-corrected chi connectivity index (χ3v) is 2.68. The number of anilines is 3. The molecule has 2 rings (SSSR count). The van der Waals surface area contributed by atoms with Gasteiger partial charge in [0.1, 0.15) is 5.75 Å². The molecule has 3 nitrogen and oxygen atoms in total. The van der Waals surface area contributed by atoms with Crippen LogP contribution in [0.5, 0.6) is 5.75 Å². The number of nitrogen functional groups attached to an aromatic ring is 1. The van der Waals surface area contributed by atoms with Crippen LogP contribution in [-0.2, 0) is 0 Å². The molecule has 0 radical (unpaired) electrons. The molecule has 0 bridgehead atoms. The van der Waals surface area contributed by atoms with Crippen LogP contribution in [0, 0.1) is 6.92 Å². The Balaban J connectivity index is 2.21. The summed E-state index contributed by atoms with van der Waals surface area (Å²) in [4.78, 5) is 0. The maximum absolute atomic E-state index is 5.90. The third kappa shape index (κ3) is 3.65. The van der Waals surface area contributed by atoms with E-state index in [2.05, 4.69) is 24.4 Å². The van der Waals surface area contributed by atoms with Crippen LogP contribution in [0.1, 0.15) is 19.4 Å². The van der Waals surface area contributed by atoms with Crippen molar-refractivity contribution in [2.75, 3.05) is 11.1 Å². The molecule has 0 atom stereocenters. The first-order valence-corrected chi connectivity index (χ1v) is 6.44. The molecule has 100 valence electrons. The second-order valence-corrected chi connectivity index (χ2v) is 4.91. The van der Waals surface area contributed by atoms with Crippen molar-refractivity contribution in [3.8, 4) is 5.75 Å². The molecule has 0 saturated heterocycles. The maximum Gasteiger partial charge on any atom is 0.144 e. The fourth-order valence-corrected chi connectivity index (χ4v) is 1.86. The molecular formula is C16H20N2O. The fourth-order valence-electron chi connectivity index (χ4n) is 1.86. The van der Waals surface area contributed by atoms with Gasteiger partial charge in [-0.05, 0) is 50.6 Å². The Morgan fingerprint density at radius 3 is 2.47 bits per heavy atom. The fraction of sp³-hybridized carbons (Fsp3) is 0.250. The Labute approximate surface area is 114 Å². The van der Waals surface area contributed by atoms with Gasteiger partial charge in [0, 0.05) is 17.4 Å². The summed E-state index contributed by atoms with van der Waals surface area (Å²) >= 11 is 0. The van der Waals surface area contributed by atoms with Gasteiger partial charge in [0.15, 0.2) is 0 Å². The number of benzene rings is 2. The van der Waals surface area contributed by atoms with E-state index in [9.17, 15) is 0 Å². The van der Waals surface area contributed by atoms with E-state index < -0.39 is 0 Å². The monoisotopic (exact) mass is 256 g/mol. The number of ether oxygens (including phenoxy) is 1. The van der Waals surface area contributed by atoms with Crippen LogP contribution in [0.4, 0.5) is 17.1 Å². The Morgan fingerprint density at radius 2 is 1.79 bits per heavy atom. The maximum atomic E-state index is 5.90. The number of nitrogens with two attached hydrogens (primary N) is 1. The minimum Gasteiger partial charge on any atom is -0.489 e. The number of rotatable bonds is 4. The standard InChI is InChI=1S/C16H20N2O/c1-11(2)19-16-10-14(7-8-15(16)17)18-13-6-4-5-12(3)9-13/h4-11,18H,17H2,1-3H3. The van der Waals surface area contributed by atoms with Crippen molar-refractivity contribution in [3.63, 3.8) is 0 Å². The van der Waals surface area contributed by atoms with Gasteiger partial charge in [-0.25, -0.2) is 0 Å². The molecule has 0 fully saturated rings. The Morgan fingerprint density at radius 1 is 1.05 bits per heavy atom. The van der Waals surface area contributed by atoms with Crippen LogP contribution in [0.15, 0.2) is 42.5 Å². The lowest BCUT2D eigenvalue weighted by Gasteiger charge is -2.14. The minimum absolute atomic E-state index is 0.108. The lowest BCUT2D eigenvalue weighted by atomic mass is 10.2. The van der Waals surface area contributed by atoms with Gasteiger partial charge in [0.25, 0.3) is 0 Å². The summed E-state index contributed by atoms with van der Waals surface area (Å²) in [7, 11) is 0. The second kappa shape index (κ2) is 5.65. The average Bonchev–Trinajstić information content (AvgIpc) is 2.33. The zero-order chi connectivity index (χ0) is 13.8. The highest BCUT2D eigenvalue weighted by atomic mass is 16.5. The molecule has 0 aromatic heterocycles. The van der Waals surface area contributed by atoms with Gasteiger partial charge in [0.2, 0.25) is 0 Å². The highest BCUT2D eigenvalue weighted by molar-refractivity contribution is 5.67. The summed E-state index contributed by atoms with van der Waals surface area (Å²) < 4.78 is 5.68. The number of aryl methyl sites for hydroxylation is 1. The quantitative estimate of drug-likeness (QED) is 0.809. The molecule has 19 heavy (non-hydrogen) atoms. The molecule has 0 unspecified atom stereocenters. The summed E-state index contributed by atoms with van der Waals surface area (Å²) in [6, 6.07) is 14.0. The van der Waals surface area contributed by atoms with Crippen LogP contribution >= 0.6 is 0 Å². The minimum atomic E-state index is 0.108. The molecule has 0 aliphatic heterocycles. The normalized spacial score (nSPS) is 10.5. The van der Waals surface area contributed by atoms with Gasteiger partial charge in [-0.1, -0.05) is 12.1 Å². The van der Waals surface area contributed by atoms with E-state index in [1.807, 2.05) is 44.2 Å². The van der Waals surface area contributed by atoms with Crippen molar-refractivity contribution in [1.82, 2.24) is 0 Å². The van der Waals surface area contributed by atoms with E-state index in [4.69, 9.17) is 10.5 Å². The third-order valence-electron chi connectivity index (χ3n) is 2.68. The average molecular weight is 256 g/mol. The van der Waals surface area contributed by atoms with Crippen LogP contribution in [0.2, 0.25) is 0 Å². The first-order chi connectivity index (χ1) is 9.04. The van der Waals surface area contributed by atoms with Gasteiger partial charge in [-0.15, -0.1) is 0 Å². The van der Waals surface area contributed by atoms with E-state index in [-0.39, 0.29) is 6.10 Å². The molecule has 0 aliphatic rings. The Kier molecular flexibility index (Phi) is 3.95. The van der Waals surface area contributed by atoms with Crippen molar-refractivity contribution in [1.29, 1.82) is 0 Å². The first-order valence-electron chi connectivity index (χ1n) is 6.44. The summed E-state index contributed by atoms with van der Waals surface area (Å²) in [6.07, 6.45) is 0.108. The summed E-state index contributed by atoms with van der Waals surface area (Å²) in [6.45, 7) is 6.04. The number of hydrogen-bond acceptors (Lipinski definition) is 3. The molecular weight excluding hydrogens is 236 g/mol. The smallest absolute Gasteiger partial charge is 0.144 e. The molecule has 0 amide bonds. The van der Waals surface area contributed by atoms with Crippen molar-refractivity contribution >= 4 is 17.1 Å². The van der Waals surface area contributed by atoms with E-state index in [0.717, 1.165) is 11.4 Å². The van der Waals surface area contributed by atoms with E-state index >= 15 is 0 Å². The van der Waals surface area contributed by atoms with E-state index in [0.29, 0.717) is 11.4 Å². The first kappa shape index (κ1) is 13.3. The SMILES string of the molecule is Cc1cccc(Nc2ccc(N)c(OC(C)C)c2)c1. The Hall–Kier alpha value is -2.16. The molecule has 2 aromatic carbocycles. The van der Waals surface area contributed by atoms with Crippen molar-refractivity contribution in [2.45, 2.75) is 26.9 Å². The van der Waals surface area contributed by atoms with Gasteiger partial charge >= 0.3 is 0 Å². The molecule has 0 saturated carbocycles. The Bertz CT molecular complexity index is 564. The zero-order valence-electron chi connectivity index (χ0n) is 11.6. The lowest BCUT2D eigenvalue weighted by Crippen LogP contribution is -2.07. The predicted octanol–water partition coefficient (Wildman–Crippen LogP) is 4.11. The summed E-state index contributed by atoms with van der Waals surface area (Å²) in [5.41, 5.74) is 9.80. The van der Waals surface area contributed by atoms with Crippen molar-refractivity contribution < 1.29 is 4.74 Å².